The molecule has 0 N–H and O–H groups in total. The highest BCUT2D eigenvalue weighted by molar-refractivity contribution is 7.98. The van der Waals surface area contributed by atoms with Gasteiger partial charge >= 0.3 is 12.6 Å². The minimum absolute atomic E-state index is 0.133. The number of furan rings is 1. The Morgan fingerprint density at radius 2 is 2.03 bits per heavy atom. The lowest BCUT2D eigenvalue weighted by molar-refractivity contribution is -0.0503. The number of esters is 1. The van der Waals surface area contributed by atoms with Crippen molar-refractivity contribution < 1.29 is 27.5 Å². The highest BCUT2D eigenvalue weighted by atomic mass is 32.2. The number of para-hydroxylation sites is 1. The van der Waals surface area contributed by atoms with Crippen molar-refractivity contribution >= 4 is 28.8 Å². The zero-order valence-electron chi connectivity index (χ0n) is 17.2. The maximum Gasteiger partial charge on any atom is 0.387 e. The molecule has 2 aromatic carbocycles. The number of thioether (sulfide) groups is 1. The summed E-state index contributed by atoms with van der Waals surface area (Å²) in [4.78, 5) is 16.8. The fourth-order valence-electron chi connectivity index (χ4n) is 3.25. The van der Waals surface area contributed by atoms with Crippen molar-refractivity contribution in [3.63, 3.8) is 0 Å². The minimum atomic E-state index is -2.90. The molecule has 0 saturated carbocycles. The summed E-state index contributed by atoms with van der Waals surface area (Å²) < 4.78 is 42.7. The third-order valence-corrected chi connectivity index (χ3v) is 5.69. The van der Waals surface area contributed by atoms with E-state index in [4.69, 9.17) is 9.15 Å². The first-order valence-electron chi connectivity index (χ1n) is 9.90. The number of halogens is 2. The van der Waals surface area contributed by atoms with Gasteiger partial charge in [-0.2, -0.15) is 8.78 Å². The Morgan fingerprint density at radius 1 is 1.19 bits per heavy atom. The first kappa shape index (κ1) is 21.9. The van der Waals surface area contributed by atoms with Crippen LogP contribution in [-0.4, -0.2) is 28.7 Å². The van der Waals surface area contributed by atoms with Crippen LogP contribution in [0, 0.1) is 0 Å². The molecule has 4 aromatic rings. The quantitative estimate of drug-likeness (QED) is 0.235. The maximum absolute atomic E-state index is 12.7. The van der Waals surface area contributed by atoms with Crippen molar-refractivity contribution in [3.05, 3.63) is 77.7 Å². The van der Waals surface area contributed by atoms with Gasteiger partial charge in [-0.1, -0.05) is 30.0 Å². The average Bonchev–Trinajstić information content (AvgIpc) is 3.41. The number of alkyl halides is 2. The lowest BCUT2D eigenvalue weighted by Crippen LogP contribution is -2.05. The number of benzene rings is 2. The van der Waals surface area contributed by atoms with Crippen LogP contribution in [0.1, 0.15) is 28.6 Å². The molecule has 0 aliphatic rings. The standard InChI is InChI=1S/C23H20F2N2O4S/c1-2-29-21(28)15-9-10-19-18(12-15)26-23(27(19)13-17-7-5-11-30-17)32-14-16-6-3-4-8-20(16)31-22(24)25/h3-12,22H,2,13-14H2,1H3. The second-order valence-corrected chi connectivity index (χ2v) is 7.70. The molecule has 0 radical (unpaired) electrons. The van der Waals surface area contributed by atoms with Crippen molar-refractivity contribution in [2.75, 3.05) is 6.61 Å². The molecule has 6 nitrogen and oxygen atoms in total. The van der Waals surface area contributed by atoms with Crippen molar-refractivity contribution in [2.24, 2.45) is 0 Å². The van der Waals surface area contributed by atoms with Crippen LogP contribution in [0.15, 0.2) is 70.4 Å². The van der Waals surface area contributed by atoms with E-state index in [2.05, 4.69) is 9.72 Å². The lowest BCUT2D eigenvalue weighted by Gasteiger charge is -2.11. The smallest absolute Gasteiger partial charge is 0.387 e. The largest absolute Gasteiger partial charge is 0.467 e. The molecule has 0 fully saturated rings. The number of imidazole rings is 1. The SMILES string of the molecule is CCOC(=O)c1ccc2c(c1)nc(SCc1ccccc1OC(F)F)n2Cc1ccco1. The first-order chi connectivity index (χ1) is 15.5. The second-order valence-electron chi connectivity index (χ2n) is 6.76. The number of nitrogens with zero attached hydrogens (tertiary/aromatic N) is 2. The molecule has 0 unspecified atom stereocenters. The van der Waals surface area contributed by atoms with E-state index >= 15 is 0 Å². The summed E-state index contributed by atoms with van der Waals surface area (Å²) in [6.45, 7) is -0.435. The molecule has 0 saturated heterocycles. The van der Waals surface area contributed by atoms with E-state index in [-0.39, 0.29) is 12.4 Å². The molecule has 0 aliphatic heterocycles. The van der Waals surface area contributed by atoms with Crippen LogP contribution < -0.4 is 4.74 Å². The molecule has 0 atom stereocenters. The van der Waals surface area contributed by atoms with Gasteiger partial charge in [0.15, 0.2) is 5.16 Å². The second kappa shape index (κ2) is 9.86. The summed E-state index contributed by atoms with van der Waals surface area (Å²) in [6, 6.07) is 15.5. The zero-order chi connectivity index (χ0) is 22.5. The van der Waals surface area contributed by atoms with Crippen molar-refractivity contribution in [1.82, 2.24) is 9.55 Å². The third kappa shape index (κ3) is 4.94. The molecule has 4 rings (SSSR count). The number of carbonyl (C=O) groups is 1. The number of hydrogen-bond donors (Lipinski definition) is 0. The minimum Gasteiger partial charge on any atom is -0.467 e. The first-order valence-corrected chi connectivity index (χ1v) is 10.9. The van der Waals surface area contributed by atoms with Gasteiger partial charge in [-0.05, 0) is 43.3 Å². The molecule has 0 bridgehead atoms. The van der Waals surface area contributed by atoms with E-state index < -0.39 is 12.6 Å². The van der Waals surface area contributed by atoms with Gasteiger partial charge in [0.2, 0.25) is 0 Å². The van der Waals surface area contributed by atoms with Gasteiger partial charge in [-0.25, -0.2) is 9.78 Å². The van der Waals surface area contributed by atoms with Gasteiger partial charge in [0.05, 0.1) is 36.0 Å². The summed E-state index contributed by atoms with van der Waals surface area (Å²) in [7, 11) is 0. The van der Waals surface area contributed by atoms with E-state index in [9.17, 15) is 13.6 Å². The zero-order valence-corrected chi connectivity index (χ0v) is 18.0. The topological polar surface area (TPSA) is 66.5 Å². The lowest BCUT2D eigenvalue weighted by atomic mass is 10.2. The molecule has 32 heavy (non-hydrogen) atoms. The molecule has 0 spiro atoms. The average molecular weight is 458 g/mol. The van der Waals surface area contributed by atoms with Crippen LogP contribution in [0.5, 0.6) is 5.75 Å². The number of aromatic nitrogens is 2. The van der Waals surface area contributed by atoms with Gasteiger partial charge < -0.3 is 18.5 Å². The van der Waals surface area contributed by atoms with E-state index in [1.54, 1.807) is 49.6 Å². The maximum atomic E-state index is 12.7. The van der Waals surface area contributed by atoms with E-state index in [1.165, 1.54) is 17.8 Å². The van der Waals surface area contributed by atoms with Crippen LogP contribution in [0.3, 0.4) is 0 Å². The fraction of sp³-hybridized carbons (Fsp3) is 0.217. The van der Waals surface area contributed by atoms with Crippen LogP contribution >= 0.6 is 11.8 Å². The van der Waals surface area contributed by atoms with Gasteiger partial charge in [-0.3, -0.25) is 0 Å². The van der Waals surface area contributed by atoms with Crippen molar-refractivity contribution in [2.45, 2.75) is 31.0 Å². The van der Waals surface area contributed by atoms with E-state index in [1.807, 2.05) is 16.7 Å². The van der Waals surface area contributed by atoms with Crippen molar-refractivity contribution in [1.29, 1.82) is 0 Å². The van der Waals surface area contributed by atoms with Gasteiger partial charge in [0, 0.05) is 11.3 Å². The number of carbonyl (C=O) groups excluding carboxylic acids is 1. The Bertz CT molecular complexity index is 1210. The molecule has 0 amide bonds. The summed E-state index contributed by atoms with van der Waals surface area (Å²) in [5.74, 6) is 0.826. The van der Waals surface area contributed by atoms with Gasteiger partial charge in [0.1, 0.15) is 11.5 Å². The normalized spacial score (nSPS) is 11.2. The number of fused-ring (bicyclic) bond motifs is 1. The molecule has 0 aliphatic carbocycles. The third-order valence-electron chi connectivity index (χ3n) is 4.66. The highest BCUT2D eigenvalue weighted by Gasteiger charge is 2.17. The number of ether oxygens (including phenoxy) is 2. The predicted molar refractivity (Wildman–Crippen MR) is 116 cm³/mol. The van der Waals surface area contributed by atoms with Gasteiger partial charge in [-0.15, -0.1) is 0 Å². The Hall–Kier alpha value is -3.33. The molecule has 9 heteroatoms. The molecular weight excluding hydrogens is 438 g/mol. The van der Waals surface area contributed by atoms with Crippen LogP contribution in [0.25, 0.3) is 11.0 Å². The summed E-state index contributed by atoms with van der Waals surface area (Å²) >= 11 is 1.38. The fourth-order valence-corrected chi connectivity index (χ4v) is 4.25. The number of rotatable bonds is 9. The monoisotopic (exact) mass is 458 g/mol. The number of hydrogen-bond acceptors (Lipinski definition) is 6. The summed E-state index contributed by atoms with van der Waals surface area (Å²) in [6.07, 6.45) is 1.60. The summed E-state index contributed by atoms with van der Waals surface area (Å²) in [5, 5.41) is 0.657. The Morgan fingerprint density at radius 3 is 2.78 bits per heavy atom. The predicted octanol–water partition coefficient (Wildman–Crippen LogP) is 5.75. The molecular formula is C23H20F2N2O4S. The highest BCUT2D eigenvalue weighted by Crippen LogP contribution is 2.31. The van der Waals surface area contributed by atoms with Crippen LogP contribution in [-0.2, 0) is 17.0 Å². The van der Waals surface area contributed by atoms with Crippen molar-refractivity contribution in [3.8, 4) is 5.75 Å². The van der Waals surface area contributed by atoms with Gasteiger partial charge in [0.25, 0.3) is 0 Å². The molecule has 2 heterocycles. The molecule has 2 aromatic heterocycles. The Balaban J connectivity index is 1.67. The Kier molecular flexibility index (Phi) is 6.75. The van der Waals surface area contributed by atoms with E-state index in [0.717, 1.165) is 11.3 Å². The van der Waals surface area contributed by atoms with E-state index in [0.29, 0.717) is 34.1 Å². The summed E-state index contributed by atoms with van der Waals surface area (Å²) in [5.41, 5.74) is 2.48. The van der Waals surface area contributed by atoms with Crippen LogP contribution in [0.2, 0.25) is 0 Å². The molecule has 166 valence electrons. The Labute approximate surface area is 187 Å². The van der Waals surface area contributed by atoms with Crippen LogP contribution in [0.4, 0.5) is 8.78 Å².